The Labute approximate surface area is 150 Å². The van der Waals surface area contributed by atoms with E-state index in [9.17, 15) is 14.0 Å². The first-order valence-electron chi connectivity index (χ1n) is 8.44. The molecule has 2 aromatic carbocycles. The summed E-state index contributed by atoms with van der Waals surface area (Å²) in [5, 5.41) is 4.44. The van der Waals surface area contributed by atoms with Crippen molar-refractivity contribution in [3.63, 3.8) is 0 Å². The predicted molar refractivity (Wildman–Crippen MR) is 91.8 cm³/mol. The van der Waals surface area contributed by atoms with Crippen LogP contribution in [-0.4, -0.2) is 40.8 Å². The first-order valence-corrected chi connectivity index (χ1v) is 8.44. The van der Waals surface area contributed by atoms with E-state index in [-0.39, 0.29) is 6.54 Å². The van der Waals surface area contributed by atoms with E-state index in [2.05, 4.69) is 5.11 Å². The monoisotopic (exact) mass is 353 g/mol. The summed E-state index contributed by atoms with van der Waals surface area (Å²) in [6, 6.07) is 14.1. The number of nitrogens with zero attached hydrogens (tertiary/aromatic N) is 4. The maximum absolute atomic E-state index is 13.9. The average molecular weight is 353 g/mol. The van der Waals surface area contributed by atoms with Gasteiger partial charge in [-0.3, -0.25) is 9.69 Å². The molecule has 0 radical (unpaired) electrons. The highest BCUT2D eigenvalue weighted by Crippen LogP contribution is 2.27. The second-order valence-corrected chi connectivity index (χ2v) is 6.44. The van der Waals surface area contributed by atoms with Gasteiger partial charge in [-0.25, -0.2) is 9.18 Å². The summed E-state index contributed by atoms with van der Waals surface area (Å²) in [5.41, 5.74) is 2.39. The summed E-state index contributed by atoms with van der Waals surface area (Å²) in [4.78, 5) is 28.3. The minimum absolute atomic E-state index is 0.0661. The molecule has 4 rings (SSSR count). The van der Waals surface area contributed by atoms with Crippen molar-refractivity contribution < 1.29 is 18.7 Å². The number of rotatable bonds is 3. The van der Waals surface area contributed by atoms with Crippen molar-refractivity contribution in [1.29, 1.82) is 0 Å². The molecular formula is C19H18FN4O2+. The Morgan fingerprint density at radius 2 is 1.77 bits per heavy atom. The Morgan fingerprint density at radius 3 is 2.50 bits per heavy atom. The summed E-state index contributed by atoms with van der Waals surface area (Å²) >= 11 is 0. The number of azo groups is 2. The molecule has 6 nitrogen and oxygen atoms in total. The van der Waals surface area contributed by atoms with Crippen LogP contribution in [0.3, 0.4) is 0 Å². The number of hydrogen-bond acceptors (Lipinski definition) is 4. The summed E-state index contributed by atoms with van der Waals surface area (Å²) in [6.07, 6.45) is -0.588. The molecule has 0 aromatic heterocycles. The van der Waals surface area contributed by atoms with Gasteiger partial charge >= 0.3 is 11.8 Å². The molecule has 2 aliphatic rings. The molecule has 0 spiro atoms. The highest BCUT2D eigenvalue weighted by atomic mass is 19.1. The Morgan fingerprint density at radius 1 is 1.08 bits per heavy atom. The van der Waals surface area contributed by atoms with Gasteiger partial charge in [0, 0.05) is 23.9 Å². The third kappa shape index (κ3) is 2.75. The lowest BCUT2D eigenvalue weighted by Gasteiger charge is -2.27. The highest BCUT2D eigenvalue weighted by molar-refractivity contribution is 6.31. The van der Waals surface area contributed by atoms with Gasteiger partial charge in [-0.15, -0.1) is 0 Å². The van der Waals surface area contributed by atoms with Gasteiger partial charge < -0.3 is 4.90 Å². The topological polar surface area (TPSA) is 56.0 Å². The molecule has 7 heteroatoms. The Kier molecular flexibility index (Phi) is 3.99. The van der Waals surface area contributed by atoms with E-state index in [4.69, 9.17) is 0 Å². The zero-order chi connectivity index (χ0) is 18.3. The second kappa shape index (κ2) is 6.33. The van der Waals surface area contributed by atoms with Crippen molar-refractivity contribution in [1.82, 2.24) is 4.90 Å². The molecular weight excluding hydrogens is 335 g/mol. The second-order valence-electron chi connectivity index (χ2n) is 6.44. The lowest BCUT2D eigenvalue weighted by molar-refractivity contribution is -0.535. The Hall–Kier alpha value is -3.09. The zero-order valence-corrected chi connectivity index (χ0v) is 14.3. The summed E-state index contributed by atoms with van der Waals surface area (Å²) < 4.78 is 15.0. The van der Waals surface area contributed by atoms with Gasteiger partial charge in [0.25, 0.3) is 6.29 Å². The molecule has 2 amide bonds. The minimum Gasteiger partial charge on any atom is -0.326 e. The highest BCUT2D eigenvalue weighted by Gasteiger charge is 2.49. The molecule has 1 fully saturated rings. The van der Waals surface area contributed by atoms with E-state index < -0.39 is 23.9 Å². The van der Waals surface area contributed by atoms with Gasteiger partial charge in [-0.2, -0.15) is 0 Å². The van der Waals surface area contributed by atoms with Crippen molar-refractivity contribution in [2.24, 2.45) is 5.11 Å². The van der Waals surface area contributed by atoms with Gasteiger partial charge in [0.1, 0.15) is 5.82 Å². The van der Waals surface area contributed by atoms with Gasteiger partial charge in [0.05, 0.1) is 5.56 Å². The number of anilines is 1. The largest absolute Gasteiger partial charge is 0.502 e. The van der Waals surface area contributed by atoms with Crippen LogP contribution in [0.2, 0.25) is 0 Å². The SMILES string of the molecule is Cc1ccc(N2CCN3C(=O)C(=O)[N+](Cc4ccccc4F)=NC32)cc1. The summed E-state index contributed by atoms with van der Waals surface area (Å²) in [6.45, 7) is 2.96. The number of carbonyl (C=O) groups is 2. The fourth-order valence-electron chi connectivity index (χ4n) is 3.26. The quantitative estimate of drug-likeness (QED) is 0.628. The van der Waals surface area contributed by atoms with Gasteiger partial charge in [0.15, 0.2) is 0 Å². The molecule has 2 aliphatic heterocycles. The van der Waals surface area contributed by atoms with Crippen LogP contribution in [0, 0.1) is 12.7 Å². The standard InChI is InChI=1S/C19H18FN4O2/c1-13-6-8-15(9-7-13)22-10-11-23-17(25)18(26)24(21-19(22)23)12-14-4-2-3-5-16(14)20/h2-9,19H,10-12H2,1H3/q+1. The van der Waals surface area contributed by atoms with E-state index in [0.717, 1.165) is 15.9 Å². The smallest absolute Gasteiger partial charge is 0.326 e. The van der Waals surface area contributed by atoms with Gasteiger partial charge in [-0.05, 0) is 35.9 Å². The average Bonchev–Trinajstić information content (AvgIpc) is 3.06. The first kappa shape index (κ1) is 16.4. The molecule has 2 heterocycles. The Bertz CT molecular complexity index is 910. The number of carbonyl (C=O) groups excluding carboxylic acids is 2. The number of amides is 2. The number of benzene rings is 2. The van der Waals surface area contributed by atoms with Crippen molar-refractivity contribution in [2.45, 2.75) is 19.8 Å². The summed E-state index contributed by atoms with van der Waals surface area (Å²) in [7, 11) is 0. The first-order chi connectivity index (χ1) is 12.5. The van der Waals surface area contributed by atoms with Crippen LogP contribution in [0.5, 0.6) is 0 Å². The molecule has 0 saturated carbocycles. The zero-order valence-electron chi connectivity index (χ0n) is 14.3. The summed E-state index contributed by atoms with van der Waals surface area (Å²) in [5.74, 6) is -1.75. The van der Waals surface area contributed by atoms with E-state index >= 15 is 0 Å². The van der Waals surface area contributed by atoms with Gasteiger partial charge in [-0.1, -0.05) is 29.8 Å². The number of halogens is 1. The van der Waals surface area contributed by atoms with Crippen LogP contribution in [-0.2, 0) is 16.1 Å². The molecule has 26 heavy (non-hydrogen) atoms. The van der Waals surface area contributed by atoms with E-state index in [1.54, 1.807) is 18.2 Å². The third-order valence-electron chi connectivity index (χ3n) is 4.70. The molecule has 0 aliphatic carbocycles. The van der Waals surface area contributed by atoms with Crippen molar-refractivity contribution in [3.05, 3.63) is 65.5 Å². The normalized spacial score (nSPS) is 19.6. The molecule has 2 aromatic rings. The van der Waals surface area contributed by atoms with E-state index in [1.807, 2.05) is 36.1 Å². The molecule has 1 saturated heterocycles. The fourth-order valence-corrected chi connectivity index (χ4v) is 3.26. The number of fused-ring (bicyclic) bond motifs is 1. The lowest BCUT2D eigenvalue weighted by Crippen LogP contribution is -2.51. The minimum atomic E-state index is -0.727. The van der Waals surface area contributed by atoms with Gasteiger partial charge in [0.2, 0.25) is 6.54 Å². The molecule has 0 N–H and O–H groups in total. The van der Waals surface area contributed by atoms with Crippen LogP contribution in [0.15, 0.2) is 53.6 Å². The number of hydrogen-bond donors (Lipinski definition) is 0. The third-order valence-corrected chi connectivity index (χ3v) is 4.70. The van der Waals surface area contributed by atoms with Crippen LogP contribution in [0.25, 0.3) is 0 Å². The maximum atomic E-state index is 13.9. The van der Waals surface area contributed by atoms with E-state index in [1.165, 1.54) is 11.0 Å². The molecule has 1 atom stereocenters. The van der Waals surface area contributed by atoms with Crippen LogP contribution in [0.4, 0.5) is 10.1 Å². The Balaban J connectivity index is 1.68. The van der Waals surface area contributed by atoms with Crippen LogP contribution < -0.4 is 4.90 Å². The molecule has 132 valence electrons. The van der Waals surface area contributed by atoms with Crippen molar-refractivity contribution >= 4 is 17.5 Å². The number of aryl methyl sites for hydroxylation is 1. The fraction of sp³-hybridized carbons (Fsp3) is 0.263. The van der Waals surface area contributed by atoms with E-state index in [0.29, 0.717) is 18.7 Å². The van der Waals surface area contributed by atoms with Crippen molar-refractivity contribution in [3.8, 4) is 0 Å². The maximum Gasteiger partial charge on any atom is 0.502 e. The molecule has 1 unspecified atom stereocenters. The predicted octanol–water partition coefficient (Wildman–Crippen LogP) is 2.27. The lowest BCUT2D eigenvalue weighted by atomic mass is 10.2. The van der Waals surface area contributed by atoms with Crippen LogP contribution >= 0.6 is 0 Å². The van der Waals surface area contributed by atoms with Crippen molar-refractivity contribution in [2.75, 3.05) is 18.0 Å². The van der Waals surface area contributed by atoms with Crippen LogP contribution in [0.1, 0.15) is 11.1 Å². The molecule has 0 bridgehead atoms.